The Morgan fingerprint density at radius 2 is 1.70 bits per heavy atom. The number of aliphatic hydroxyl groups excluding tert-OH is 1. The number of hydrogen-bond acceptors (Lipinski definition) is 5. The van der Waals surface area contributed by atoms with Gasteiger partial charge in [0, 0.05) is 29.4 Å². The van der Waals surface area contributed by atoms with Gasteiger partial charge < -0.3 is 24.9 Å². The summed E-state index contributed by atoms with van der Waals surface area (Å²) in [7, 11) is 0. The molecule has 0 aliphatic rings. The number of nitrogens with one attached hydrogen (secondary N) is 2. The highest BCUT2D eigenvalue weighted by atomic mass is 16.5. The molecule has 4 aromatic rings. The Labute approximate surface area is 174 Å². The van der Waals surface area contributed by atoms with E-state index in [-0.39, 0.29) is 6.61 Å². The van der Waals surface area contributed by atoms with Gasteiger partial charge in [-0.2, -0.15) is 0 Å². The summed E-state index contributed by atoms with van der Waals surface area (Å²) in [5.41, 5.74) is 2.59. The van der Waals surface area contributed by atoms with Gasteiger partial charge >= 0.3 is 0 Å². The van der Waals surface area contributed by atoms with E-state index in [1.165, 1.54) is 0 Å². The lowest BCUT2D eigenvalue weighted by atomic mass is 10.1. The van der Waals surface area contributed by atoms with E-state index >= 15 is 0 Å². The number of carbonyl (C=O) groups is 1. The van der Waals surface area contributed by atoms with E-state index in [1.54, 1.807) is 18.2 Å². The molecule has 0 aliphatic heterocycles. The number of benzene rings is 3. The van der Waals surface area contributed by atoms with Crippen LogP contribution in [0.2, 0.25) is 0 Å². The Morgan fingerprint density at radius 3 is 2.60 bits per heavy atom. The van der Waals surface area contributed by atoms with Crippen molar-refractivity contribution in [1.29, 1.82) is 0 Å². The summed E-state index contributed by atoms with van der Waals surface area (Å²) in [6.45, 7) is 1.50. The van der Waals surface area contributed by atoms with Crippen LogP contribution in [0.5, 0.6) is 11.5 Å². The highest BCUT2D eigenvalue weighted by molar-refractivity contribution is 6.10. The minimum atomic E-state index is -0.660. The van der Waals surface area contributed by atoms with E-state index in [1.807, 2.05) is 42.5 Å². The summed E-state index contributed by atoms with van der Waals surface area (Å²) < 4.78 is 11.5. The number of aromatic amines is 1. The van der Waals surface area contributed by atoms with Crippen LogP contribution in [0, 0.1) is 0 Å². The first-order valence-electron chi connectivity index (χ1n) is 9.94. The fraction of sp³-hybridized carbons (Fsp3) is 0.208. The highest BCUT2D eigenvalue weighted by Gasteiger charge is 2.11. The van der Waals surface area contributed by atoms with Gasteiger partial charge in [-0.05, 0) is 30.3 Å². The van der Waals surface area contributed by atoms with E-state index in [0.29, 0.717) is 31.0 Å². The van der Waals surface area contributed by atoms with Crippen molar-refractivity contribution in [1.82, 2.24) is 10.3 Å². The predicted molar refractivity (Wildman–Crippen MR) is 118 cm³/mol. The topological polar surface area (TPSA) is 83.6 Å². The van der Waals surface area contributed by atoms with Crippen LogP contribution in [-0.2, 0) is 0 Å². The summed E-state index contributed by atoms with van der Waals surface area (Å²) in [5.74, 6) is 1.31. The smallest absolute Gasteiger partial charge is 0.153 e. The number of aldehydes is 1. The number of fused-ring (bicyclic) bond motifs is 3. The summed E-state index contributed by atoms with van der Waals surface area (Å²) in [4.78, 5) is 14.4. The number of hydrogen-bond donors (Lipinski definition) is 3. The Balaban J connectivity index is 1.26. The Bertz CT molecular complexity index is 1140. The molecule has 0 aliphatic carbocycles. The number of H-pyrrole nitrogens is 1. The summed E-state index contributed by atoms with van der Waals surface area (Å²) in [6.07, 6.45) is 0.116. The molecule has 30 heavy (non-hydrogen) atoms. The molecular weight excluding hydrogens is 380 g/mol. The molecule has 6 nitrogen and oxygen atoms in total. The largest absolute Gasteiger partial charge is 0.492 e. The van der Waals surface area contributed by atoms with Gasteiger partial charge in [-0.15, -0.1) is 0 Å². The van der Waals surface area contributed by atoms with Crippen molar-refractivity contribution < 1.29 is 19.4 Å². The van der Waals surface area contributed by atoms with E-state index < -0.39 is 6.10 Å². The number of para-hydroxylation sites is 2. The van der Waals surface area contributed by atoms with Gasteiger partial charge in [-0.1, -0.05) is 36.4 Å². The Hall–Kier alpha value is -3.35. The lowest BCUT2D eigenvalue weighted by Gasteiger charge is -2.14. The van der Waals surface area contributed by atoms with Crippen molar-refractivity contribution in [2.75, 3.05) is 26.3 Å². The highest BCUT2D eigenvalue weighted by Crippen LogP contribution is 2.32. The molecule has 1 unspecified atom stereocenters. The Kier molecular flexibility index (Phi) is 6.27. The average Bonchev–Trinajstić information content (AvgIpc) is 3.17. The quantitative estimate of drug-likeness (QED) is 0.278. The van der Waals surface area contributed by atoms with E-state index in [9.17, 15) is 9.90 Å². The zero-order valence-electron chi connectivity index (χ0n) is 16.5. The second-order valence-electron chi connectivity index (χ2n) is 7.02. The molecule has 0 radical (unpaired) electrons. The van der Waals surface area contributed by atoms with Gasteiger partial charge in [0.25, 0.3) is 0 Å². The van der Waals surface area contributed by atoms with Crippen LogP contribution in [0.3, 0.4) is 0 Å². The second-order valence-corrected chi connectivity index (χ2v) is 7.02. The summed E-state index contributed by atoms with van der Waals surface area (Å²) in [6, 6.07) is 21.1. The molecule has 4 rings (SSSR count). The molecule has 154 valence electrons. The van der Waals surface area contributed by atoms with Crippen LogP contribution < -0.4 is 14.8 Å². The molecular formula is C24H24N2O4. The predicted octanol–water partition coefficient (Wildman–Crippen LogP) is 3.54. The van der Waals surface area contributed by atoms with Crippen molar-refractivity contribution in [3.8, 4) is 11.5 Å². The van der Waals surface area contributed by atoms with Gasteiger partial charge in [-0.25, -0.2) is 0 Å². The molecule has 3 aromatic carbocycles. The van der Waals surface area contributed by atoms with Crippen molar-refractivity contribution in [2.45, 2.75) is 6.10 Å². The minimum absolute atomic E-state index is 0.181. The number of rotatable bonds is 10. The maximum Gasteiger partial charge on any atom is 0.153 e. The third-order valence-electron chi connectivity index (χ3n) is 4.89. The first-order chi connectivity index (χ1) is 14.8. The zero-order valence-corrected chi connectivity index (χ0v) is 16.5. The molecule has 6 heteroatoms. The van der Waals surface area contributed by atoms with Crippen molar-refractivity contribution >= 4 is 28.1 Å². The van der Waals surface area contributed by atoms with E-state index in [2.05, 4.69) is 16.4 Å². The molecule has 0 saturated carbocycles. The van der Waals surface area contributed by atoms with Gasteiger partial charge in [0.15, 0.2) is 6.29 Å². The van der Waals surface area contributed by atoms with Gasteiger partial charge in [-0.3, -0.25) is 4.79 Å². The first-order valence-corrected chi connectivity index (χ1v) is 9.94. The molecule has 0 spiro atoms. The van der Waals surface area contributed by atoms with Gasteiger partial charge in [0.2, 0.25) is 0 Å². The third-order valence-corrected chi connectivity index (χ3v) is 4.89. The van der Waals surface area contributed by atoms with Crippen molar-refractivity contribution in [3.05, 3.63) is 72.3 Å². The number of aromatic nitrogens is 1. The van der Waals surface area contributed by atoms with Crippen LogP contribution in [0.15, 0.2) is 66.7 Å². The monoisotopic (exact) mass is 404 g/mol. The van der Waals surface area contributed by atoms with E-state index in [0.717, 1.165) is 33.8 Å². The molecule has 0 fully saturated rings. The molecule has 1 heterocycles. The van der Waals surface area contributed by atoms with Crippen molar-refractivity contribution in [2.24, 2.45) is 0 Å². The molecule has 3 N–H and O–H groups in total. The fourth-order valence-electron chi connectivity index (χ4n) is 3.44. The summed E-state index contributed by atoms with van der Waals surface area (Å²) >= 11 is 0. The fourth-order valence-corrected chi connectivity index (χ4v) is 3.44. The first kappa shape index (κ1) is 19.9. The normalized spacial score (nSPS) is 12.2. The van der Waals surface area contributed by atoms with Gasteiger partial charge in [0.1, 0.15) is 30.8 Å². The number of carbonyl (C=O) groups excluding carboxylic acids is 1. The van der Waals surface area contributed by atoms with Crippen LogP contribution >= 0.6 is 0 Å². The Morgan fingerprint density at radius 1 is 0.933 bits per heavy atom. The standard InChI is InChI=1S/C24H24N2O4/c27-15-17-6-1-4-10-22(17)29-13-12-25-14-18(28)16-30-23-11-5-9-21-24(23)19-7-2-3-8-20(19)26-21/h1-11,15,18,25-26,28H,12-14,16H2. The number of aliphatic hydroxyl groups is 1. The van der Waals surface area contributed by atoms with E-state index in [4.69, 9.17) is 9.47 Å². The zero-order chi connectivity index (χ0) is 20.8. The molecule has 1 aromatic heterocycles. The average molecular weight is 404 g/mol. The van der Waals surface area contributed by atoms with Crippen molar-refractivity contribution in [3.63, 3.8) is 0 Å². The SMILES string of the molecule is O=Cc1ccccc1OCCNCC(O)COc1cccc2[nH]c3ccccc3c12. The van der Waals surface area contributed by atoms with Gasteiger partial charge in [0.05, 0.1) is 11.1 Å². The maximum absolute atomic E-state index is 11.0. The second kappa shape index (κ2) is 9.43. The van der Waals surface area contributed by atoms with Crippen LogP contribution in [-0.4, -0.2) is 48.8 Å². The molecule has 0 amide bonds. The molecule has 0 saturated heterocycles. The van der Waals surface area contributed by atoms with Crippen LogP contribution in [0.4, 0.5) is 0 Å². The maximum atomic E-state index is 11.0. The summed E-state index contributed by atoms with van der Waals surface area (Å²) in [5, 5.41) is 15.5. The number of ether oxygens (including phenoxy) is 2. The molecule has 0 bridgehead atoms. The lowest BCUT2D eigenvalue weighted by molar-refractivity contribution is 0.106. The lowest BCUT2D eigenvalue weighted by Crippen LogP contribution is -2.33. The minimum Gasteiger partial charge on any atom is -0.492 e. The molecule has 1 atom stereocenters. The van der Waals surface area contributed by atoms with Crippen LogP contribution in [0.1, 0.15) is 10.4 Å². The third kappa shape index (κ3) is 4.45. The van der Waals surface area contributed by atoms with Crippen LogP contribution in [0.25, 0.3) is 21.8 Å².